The van der Waals surface area contributed by atoms with Gasteiger partial charge in [0, 0.05) is 36.3 Å². The van der Waals surface area contributed by atoms with E-state index in [1.54, 1.807) is 0 Å². The third-order valence-electron chi connectivity index (χ3n) is 17.4. The Bertz CT molecular complexity index is 2110. The number of nitrogens with one attached hydrogen (secondary N) is 2. The highest BCUT2D eigenvalue weighted by molar-refractivity contribution is 5.83. The van der Waals surface area contributed by atoms with Crippen LogP contribution in [0.25, 0.3) is 0 Å². The summed E-state index contributed by atoms with van der Waals surface area (Å²) in [6.45, 7) is 22.6. The van der Waals surface area contributed by atoms with Gasteiger partial charge in [-0.1, -0.05) is 117 Å². The highest BCUT2D eigenvalue weighted by atomic mass is 16.1. The Kier molecular flexibility index (Phi) is 13.1. The summed E-state index contributed by atoms with van der Waals surface area (Å²) >= 11 is 0. The minimum absolute atomic E-state index is 0.0488. The van der Waals surface area contributed by atoms with Crippen molar-refractivity contribution < 1.29 is 9.59 Å². The molecule has 0 aromatic heterocycles. The first-order chi connectivity index (χ1) is 29.4. The van der Waals surface area contributed by atoms with Crippen molar-refractivity contribution in [3.05, 3.63) is 128 Å². The normalized spacial score (nSPS) is 27.5. The van der Waals surface area contributed by atoms with Crippen LogP contribution in [0.3, 0.4) is 0 Å². The number of carbonyl (C=O) groups excluding carboxylic acids is 2. The molecular weight excluding hydrogens is 757 g/mol. The Balaban J connectivity index is 0.000000284. The second-order valence-corrected chi connectivity index (χ2v) is 21.6. The van der Waals surface area contributed by atoms with Crippen LogP contribution in [0.4, 0.5) is 11.4 Å². The van der Waals surface area contributed by atoms with Gasteiger partial charge in [0.05, 0.1) is 0 Å². The predicted octanol–water partition coefficient (Wildman–Crippen LogP) is 14.1. The molecular formula is C58H78N2O2. The first kappa shape index (κ1) is 45.8. The van der Waals surface area contributed by atoms with E-state index in [1.165, 1.54) is 68.5 Å². The summed E-state index contributed by atoms with van der Waals surface area (Å²) in [5, 5.41) is 6.25. The molecule has 6 unspecified atom stereocenters. The molecule has 0 spiro atoms. The number of fused-ring (bicyclic) bond motifs is 6. The van der Waals surface area contributed by atoms with Gasteiger partial charge in [-0.15, -0.1) is 0 Å². The maximum atomic E-state index is 13.1. The van der Waals surface area contributed by atoms with Crippen molar-refractivity contribution in [3.63, 3.8) is 0 Å². The number of Topliss-reactive ketones (excluding diaryl/α,β-unsaturated/α-hetero) is 2. The van der Waals surface area contributed by atoms with Crippen LogP contribution in [0.1, 0.15) is 188 Å². The lowest BCUT2D eigenvalue weighted by Crippen LogP contribution is -2.52. The molecule has 6 atom stereocenters. The van der Waals surface area contributed by atoms with E-state index in [9.17, 15) is 9.59 Å². The van der Waals surface area contributed by atoms with Gasteiger partial charge in [0.15, 0.2) is 0 Å². The molecule has 0 aliphatic heterocycles. The van der Waals surface area contributed by atoms with Crippen LogP contribution in [0.5, 0.6) is 0 Å². The van der Waals surface area contributed by atoms with E-state index in [2.05, 4.69) is 139 Å². The zero-order chi connectivity index (χ0) is 44.8. The van der Waals surface area contributed by atoms with Gasteiger partial charge in [0.25, 0.3) is 0 Å². The lowest BCUT2D eigenvalue weighted by atomic mass is 9.48. The summed E-state index contributed by atoms with van der Waals surface area (Å²) in [5.41, 5.74) is 16.7. The van der Waals surface area contributed by atoms with Gasteiger partial charge < -0.3 is 10.6 Å². The summed E-state index contributed by atoms with van der Waals surface area (Å²) in [4.78, 5) is 26.2. The Morgan fingerprint density at radius 2 is 0.935 bits per heavy atom. The molecule has 4 aromatic carbocycles. The molecule has 4 aliphatic carbocycles. The molecule has 0 radical (unpaired) electrons. The van der Waals surface area contributed by atoms with Gasteiger partial charge in [-0.2, -0.15) is 0 Å². The molecule has 4 heteroatoms. The third-order valence-corrected chi connectivity index (χ3v) is 17.4. The molecule has 332 valence electrons. The summed E-state index contributed by atoms with van der Waals surface area (Å²) in [6, 6.07) is 27.5. The molecule has 0 bridgehead atoms. The minimum atomic E-state index is -0.217. The van der Waals surface area contributed by atoms with E-state index in [0.717, 1.165) is 75.6 Å². The zero-order valence-corrected chi connectivity index (χ0v) is 40.5. The SMILES string of the molecule is CC(=O)C1(C)CCCC2(C)c3cc(Cc4cc5c(cc4C(C)C)CCC4C(C)(C(C)=O)CCCC54C)c(C(C)C)cc3CCC12.CNc1ccc(Cc2ccc(NC)cc2)cc1. The quantitative estimate of drug-likeness (QED) is 0.167. The molecule has 4 nitrogen and oxygen atoms in total. The van der Waals surface area contributed by atoms with E-state index in [1.807, 2.05) is 27.9 Å². The number of benzene rings is 4. The summed E-state index contributed by atoms with van der Waals surface area (Å²) < 4.78 is 0. The molecule has 0 saturated heterocycles. The van der Waals surface area contributed by atoms with Crippen LogP contribution in [-0.4, -0.2) is 25.7 Å². The molecule has 4 aromatic rings. The molecule has 62 heavy (non-hydrogen) atoms. The topological polar surface area (TPSA) is 58.2 Å². The van der Waals surface area contributed by atoms with Gasteiger partial charge in [-0.05, 0) is 192 Å². The fourth-order valence-corrected chi connectivity index (χ4v) is 13.4. The van der Waals surface area contributed by atoms with Crippen LogP contribution in [0.15, 0.2) is 72.8 Å². The predicted molar refractivity (Wildman–Crippen MR) is 262 cm³/mol. The molecule has 0 heterocycles. The van der Waals surface area contributed by atoms with Crippen molar-refractivity contribution in [2.45, 2.75) is 169 Å². The number of aryl methyl sites for hydroxylation is 2. The lowest BCUT2D eigenvalue weighted by Gasteiger charge is -2.55. The molecule has 0 amide bonds. The number of anilines is 2. The Hall–Kier alpha value is -4.18. The zero-order valence-electron chi connectivity index (χ0n) is 40.5. The second kappa shape index (κ2) is 17.8. The number of hydrogen-bond donors (Lipinski definition) is 2. The van der Waals surface area contributed by atoms with Crippen LogP contribution in [0, 0.1) is 22.7 Å². The van der Waals surface area contributed by atoms with Crippen LogP contribution >= 0.6 is 0 Å². The first-order valence-electron chi connectivity index (χ1n) is 24.3. The maximum absolute atomic E-state index is 13.1. The number of ketones is 2. The monoisotopic (exact) mass is 835 g/mol. The van der Waals surface area contributed by atoms with Gasteiger partial charge >= 0.3 is 0 Å². The van der Waals surface area contributed by atoms with Gasteiger partial charge in [0.1, 0.15) is 11.6 Å². The summed E-state index contributed by atoms with van der Waals surface area (Å²) in [5.74, 6) is 2.51. The smallest absolute Gasteiger partial charge is 0.135 e. The third kappa shape index (κ3) is 8.34. The molecule has 2 fully saturated rings. The number of rotatable bonds is 10. The minimum Gasteiger partial charge on any atom is -0.388 e. The Morgan fingerprint density at radius 1 is 0.565 bits per heavy atom. The fourth-order valence-electron chi connectivity index (χ4n) is 13.4. The van der Waals surface area contributed by atoms with Crippen molar-refractivity contribution in [2.75, 3.05) is 24.7 Å². The van der Waals surface area contributed by atoms with Crippen molar-refractivity contribution >= 4 is 22.9 Å². The Morgan fingerprint density at radius 3 is 1.26 bits per heavy atom. The summed E-state index contributed by atoms with van der Waals surface area (Å²) in [7, 11) is 3.87. The molecule has 2 saturated carbocycles. The van der Waals surface area contributed by atoms with Crippen molar-refractivity contribution in [2.24, 2.45) is 22.7 Å². The number of hydrogen-bond acceptors (Lipinski definition) is 4. The maximum Gasteiger partial charge on any atom is 0.135 e. The molecule has 2 N–H and O–H groups in total. The van der Waals surface area contributed by atoms with Crippen molar-refractivity contribution in [3.8, 4) is 0 Å². The lowest BCUT2D eigenvalue weighted by molar-refractivity contribution is -0.134. The standard InChI is InChI=1S/C43H60O2.C15H18N2/c1-26(2)34-22-30-13-15-38-40(7,28(5)44)17-11-19-42(38,9)36(30)24-32(34)21-33-25-37-31(23-35(33)27(3)4)14-16-39-41(8,29(6)45)18-12-20-43(37,39)10;1-16-14-7-3-12(4-8-14)11-13-5-9-15(17-2)10-6-13/h22-27,38-39H,11-21H2,1-10H3;3-10,16-17H,11H2,1-2H3. The summed E-state index contributed by atoms with van der Waals surface area (Å²) in [6.07, 6.45) is 13.0. The van der Waals surface area contributed by atoms with Gasteiger partial charge in [-0.25, -0.2) is 0 Å². The highest BCUT2D eigenvalue weighted by Gasteiger charge is 2.55. The van der Waals surface area contributed by atoms with Gasteiger partial charge in [0.2, 0.25) is 0 Å². The fraction of sp³-hybridized carbons (Fsp3) is 0.552. The first-order valence-corrected chi connectivity index (χ1v) is 24.3. The Labute approximate surface area is 375 Å². The molecule has 4 aliphatic rings. The average molecular weight is 835 g/mol. The van der Waals surface area contributed by atoms with E-state index in [0.29, 0.717) is 35.2 Å². The number of carbonyl (C=O) groups is 2. The van der Waals surface area contributed by atoms with Crippen LogP contribution < -0.4 is 10.6 Å². The highest BCUT2D eigenvalue weighted by Crippen LogP contribution is 2.60. The van der Waals surface area contributed by atoms with Gasteiger partial charge in [-0.3, -0.25) is 9.59 Å². The second-order valence-electron chi connectivity index (χ2n) is 21.6. The van der Waals surface area contributed by atoms with Crippen molar-refractivity contribution in [1.29, 1.82) is 0 Å². The average Bonchev–Trinajstić information content (AvgIpc) is 3.24. The largest absolute Gasteiger partial charge is 0.388 e. The van der Waals surface area contributed by atoms with E-state index in [-0.39, 0.29) is 21.7 Å². The van der Waals surface area contributed by atoms with E-state index in [4.69, 9.17) is 0 Å². The van der Waals surface area contributed by atoms with Crippen LogP contribution in [0.2, 0.25) is 0 Å². The van der Waals surface area contributed by atoms with E-state index < -0.39 is 0 Å². The van der Waals surface area contributed by atoms with E-state index >= 15 is 0 Å². The molecule has 8 rings (SSSR count). The van der Waals surface area contributed by atoms with Crippen LogP contribution in [-0.2, 0) is 46.1 Å². The van der Waals surface area contributed by atoms with Crippen molar-refractivity contribution in [1.82, 2.24) is 0 Å².